The summed E-state index contributed by atoms with van der Waals surface area (Å²) in [7, 11) is 1.80. The van der Waals surface area contributed by atoms with Crippen LogP contribution in [0.3, 0.4) is 0 Å². The van der Waals surface area contributed by atoms with E-state index in [2.05, 4.69) is 26.0 Å². The SMILES string of the molecule is Cc1cc(C)c(N(C)C(=O)C2(CO)CC2)cc1C. The summed E-state index contributed by atoms with van der Waals surface area (Å²) >= 11 is 0. The van der Waals surface area contributed by atoms with E-state index in [-0.39, 0.29) is 12.5 Å². The number of aliphatic hydroxyl groups is 1. The van der Waals surface area contributed by atoms with Crippen molar-refractivity contribution in [3.63, 3.8) is 0 Å². The Balaban J connectivity index is 2.32. The number of carbonyl (C=O) groups excluding carboxylic acids is 1. The molecule has 0 spiro atoms. The van der Waals surface area contributed by atoms with Gasteiger partial charge in [0.15, 0.2) is 0 Å². The highest BCUT2D eigenvalue weighted by molar-refractivity contribution is 5.99. The van der Waals surface area contributed by atoms with Crippen LogP contribution in [-0.4, -0.2) is 24.7 Å². The lowest BCUT2D eigenvalue weighted by molar-refractivity contribution is -0.124. The number of anilines is 1. The van der Waals surface area contributed by atoms with E-state index >= 15 is 0 Å². The maximum atomic E-state index is 12.4. The average Bonchev–Trinajstić information content (AvgIpc) is 3.13. The first kappa shape index (κ1) is 13.1. The second-order valence-electron chi connectivity index (χ2n) is 5.53. The van der Waals surface area contributed by atoms with Gasteiger partial charge in [0.05, 0.1) is 12.0 Å². The van der Waals surface area contributed by atoms with Crippen LogP contribution < -0.4 is 4.90 Å². The molecule has 1 aromatic rings. The molecule has 3 nitrogen and oxygen atoms in total. The van der Waals surface area contributed by atoms with E-state index in [1.807, 2.05) is 6.92 Å². The van der Waals surface area contributed by atoms with Crippen molar-refractivity contribution in [3.05, 3.63) is 28.8 Å². The monoisotopic (exact) mass is 247 g/mol. The van der Waals surface area contributed by atoms with Crippen molar-refractivity contribution in [2.75, 3.05) is 18.6 Å². The second kappa shape index (κ2) is 4.39. The molecule has 0 atom stereocenters. The third kappa shape index (κ3) is 2.03. The summed E-state index contributed by atoms with van der Waals surface area (Å²) in [6, 6.07) is 4.16. The smallest absolute Gasteiger partial charge is 0.235 e. The fraction of sp³-hybridized carbons (Fsp3) is 0.533. The van der Waals surface area contributed by atoms with Crippen LogP contribution in [0.15, 0.2) is 12.1 Å². The van der Waals surface area contributed by atoms with E-state index in [1.165, 1.54) is 11.1 Å². The number of aliphatic hydroxyl groups excluding tert-OH is 1. The minimum Gasteiger partial charge on any atom is -0.395 e. The number of amides is 1. The molecule has 1 aliphatic carbocycles. The van der Waals surface area contributed by atoms with E-state index in [0.29, 0.717) is 0 Å². The fourth-order valence-electron chi connectivity index (χ4n) is 2.36. The largest absolute Gasteiger partial charge is 0.395 e. The van der Waals surface area contributed by atoms with Gasteiger partial charge in [-0.15, -0.1) is 0 Å². The number of nitrogens with zero attached hydrogens (tertiary/aromatic N) is 1. The van der Waals surface area contributed by atoms with Gasteiger partial charge in [-0.2, -0.15) is 0 Å². The summed E-state index contributed by atoms with van der Waals surface area (Å²) in [5.74, 6) is 0.0383. The predicted octanol–water partition coefficient (Wildman–Crippen LogP) is 2.35. The summed E-state index contributed by atoms with van der Waals surface area (Å²) in [6.45, 7) is 6.10. The highest BCUT2D eigenvalue weighted by Crippen LogP contribution is 2.47. The summed E-state index contributed by atoms with van der Waals surface area (Å²) in [4.78, 5) is 14.1. The molecule has 1 aliphatic rings. The van der Waals surface area contributed by atoms with Gasteiger partial charge >= 0.3 is 0 Å². The third-order valence-corrected chi connectivity index (χ3v) is 4.09. The Labute approximate surface area is 108 Å². The molecule has 0 saturated heterocycles. The normalized spacial score (nSPS) is 16.5. The molecule has 0 heterocycles. The predicted molar refractivity (Wildman–Crippen MR) is 72.8 cm³/mol. The van der Waals surface area contributed by atoms with E-state index < -0.39 is 5.41 Å². The Bertz CT molecular complexity index is 490. The van der Waals surface area contributed by atoms with Crippen LogP contribution in [0.1, 0.15) is 29.5 Å². The second-order valence-corrected chi connectivity index (χ2v) is 5.53. The number of hydrogen-bond donors (Lipinski definition) is 1. The molecule has 0 aliphatic heterocycles. The third-order valence-electron chi connectivity index (χ3n) is 4.09. The van der Waals surface area contributed by atoms with Crippen molar-refractivity contribution in [2.45, 2.75) is 33.6 Å². The maximum absolute atomic E-state index is 12.4. The van der Waals surface area contributed by atoms with Crippen molar-refractivity contribution in [1.29, 1.82) is 0 Å². The zero-order chi connectivity index (χ0) is 13.5. The molecular weight excluding hydrogens is 226 g/mol. The van der Waals surface area contributed by atoms with Crippen molar-refractivity contribution in [2.24, 2.45) is 5.41 Å². The average molecular weight is 247 g/mol. The van der Waals surface area contributed by atoms with Crippen LogP contribution in [0, 0.1) is 26.2 Å². The van der Waals surface area contributed by atoms with Crippen LogP contribution in [0.25, 0.3) is 0 Å². The molecular formula is C15H21NO2. The number of hydrogen-bond acceptors (Lipinski definition) is 2. The van der Waals surface area contributed by atoms with Gasteiger partial charge in [-0.1, -0.05) is 6.07 Å². The van der Waals surface area contributed by atoms with E-state index in [1.54, 1.807) is 11.9 Å². The van der Waals surface area contributed by atoms with Crippen molar-refractivity contribution >= 4 is 11.6 Å². The number of aryl methyl sites for hydroxylation is 3. The van der Waals surface area contributed by atoms with E-state index in [4.69, 9.17) is 0 Å². The van der Waals surface area contributed by atoms with Crippen LogP contribution in [0.2, 0.25) is 0 Å². The Morgan fingerprint density at radius 3 is 2.28 bits per heavy atom. The van der Waals surface area contributed by atoms with Gasteiger partial charge in [0.2, 0.25) is 5.91 Å². The first-order chi connectivity index (χ1) is 8.41. The molecule has 0 unspecified atom stereocenters. The fourth-order valence-corrected chi connectivity index (χ4v) is 2.36. The Kier molecular flexibility index (Phi) is 3.20. The summed E-state index contributed by atoms with van der Waals surface area (Å²) in [6.07, 6.45) is 1.60. The summed E-state index contributed by atoms with van der Waals surface area (Å²) in [5, 5.41) is 9.34. The van der Waals surface area contributed by atoms with Gasteiger partial charge in [0.1, 0.15) is 0 Å². The molecule has 1 saturated carbocycles. The first-order valence-electron chi connectivity index (χ1n) is 6.38. The standard InChI is InChI=1S/C15H21NO2/c1-10-7-12(3)13(8-11(10)2)16(4)14(18)15(9-17)5-6-15/h7-8,17H,5-6,9H2,1-4H3. The highest BCUT2D eigenvalue weighted by Gasteiger charge is 2.51. The Morgan fingerprint density at radius 2 is 1.78 bits per heavy atom. The molecule has 0 aromatic heterocycles. The van der Waals surface area contributed by atoms with Gasteiger partial charge in [-0.3, -0.25) is 4.79 Å². The first-order valence-corrected chi connectivity index (χ1v) is 6.38. The van der Waals surface area contributed by atoms with Crippen LogP contribution in [0.5, 0.6) is 0 Å². The molecule has 0 bridgehead atoms. The molecule has 1 aromatic carbocycles. The van der Waals surface area contributed by atoms with Gasteiger partial charge in [-0.25, -0.2) is 0 Å². The van der Waals surface area contributed by atoms with E-state index in [0.717, 1.165) is 24.1 Å². The molecule has 3 heteroatoms. The lowest BCUT2D eigenvalue weighted by atomic mass is 10.0. The van der Waals surface area contributed by atoms with Gasteiger partial charge in [-0.05, 0) is 56.4 Å². The van der Waals surface area contributed by atoms with Crippen LogP contribution >= 0.6 is 0 Å². The van der Waals surface area contributed by atoms with Gasteiger partial charge in [0, 0.05) is 12.7 Å². The topological polar surface area (TPSA) is 40.5 Å². The quantitative estimate of drug-likeness (QED) is 0.890. The minimum absolute atomic E-state index is 0.0383. The van der Waals surface area contributed by atoms with Gasteiger partial charge < -0.3 is 10.0 Å². The molecule has 98 valence electrons. The van der Waals surface area contributed by atoms with Crippen LogP contribution in [-0.2, 0) is 4.79 Å². The van der Waals surface area contributed by atoms with Crippen molar-refractivity contribution < 1.29 is 9.90 Å². The summed E-state index contributed by atoms with van der Waals surface area (Å²) < 4.78 is 0. The lowest BCUT2D eigenvalue weighted by Gasteiger charge is -2.24. The molecule has 0 radical (unpaired) electrons. The summed E-state index contributed by atoms with van der Waals surface area (Å²) in [5.41, 5.74) is 3.97. The zero-order valence-corrected chi connectivity index (χ0v) is 11.6. The molecule has 2 rings (SSSR count). The van der Waals surface area contributed by atoms with Crippen LogP contribution in [0.4, 0.5) is 5.69 Å². The van der Waals surface area contributed by atoms with Crippen molar-refractivity contribution in [1.82, 2.24) is 0 Å². The highest BCUT2D eigenvalue weighted by atomic mass is 16.3. The Morgan fingerprint density at radius 1 is 1.22 bits per heavy atom. The molecule has 18 heavy (non-hydrogen) atoms. The number of rotatable bonds is 3. The maximum Gasteiger partial charge on any atom is 0.235 e. The molecule has 1 amide bonds. The zero-order valence-electron chi connectivity index (χ0n) is 11.6. The lowest BCUT2D eigenvalue weighted by Crippen LogP contribution is -2.36. The molecule has 1 fully saturated rings. The van der Waals surface area contributed by atoms with Crippen molar-refractivity contribution in [3.8, 4) is 0 Å². The Hall–Kier alpha value is -1.35. The van der Waals surface area contributed by atoms with Gasteiger partial charge in [0.25, 0.3) is 0 Å². The molecule has 1 N–H and O–H groups in total. The number of benzene rings is 1. The minimum atomic E-state index is -0.500. The number of carbonyl (C=O) groups is 1. The van der Waals surface area contributed by atoms with E-state index in [9.17, 15) is 9.90 Å².